The summed E-state index contributed by atoms with van der Waals surface area (Å²) in [5.41, 5.74) is 2.81. The number of hydrogen-bond acceptors (Lipinski definition) is 3. The monoisotopic (exact) mass is 400 g/mol. The molecule has 1 aliphatic rings. The highest BCUT2D eigenvalue weighted by atomic mass is 32.2. The van der Waals surface area contributed by atoms with Crippen LogP contribution < -0.4 is 0 Å². The number of rotatable bonds is 5. The van der Waals surface area contributed by atoms with Gasteiger partial charge in [-0.1, -0.05) is 55.0 Å². The number of carbonyl (C=O) groups is 1. The molecule has 1 saturated heterocycles. The summed E-state index contributed by atoms with van der Waals surface area (Å²) >= 11 is 0. The van der Waals surface area contributed by atoms with E-state index in [4.69, 9.17) is 0 Å². The fourth-order valence-corrected chi connectivity index (χ4v) is 5.46. The molecule has 1 heterocycles. The lowest BCUT2D eigenvalue weighted by Gasteiger charge is -2.36. The molecular formula is C22H28N2O3S. The molecule has 5 nitrogen and oxygen atoms in total. The summed E-state index contributed by atoms with van der Waals surface area (Å²) in [5.74, 6) is -0.0963. The third-order valence-corrected chi connectivity index (χ3v) is 7.47. The van der Waals surface area contributed by atoms with Gasteiger partial charge in [-0.2, -0.15) is 4.31 Å². The zero-order chi connectivity index (χ0) is 20.3. The highest BCUT2D eigenvalue weighted by Gasteiger charge is 2.33. The van der Waals surface area contributed by atoms with Crippen LogP contribution in [0.1, 0.15) is 36.0 Å². The van der Waals surface area contributed by atoms with Crippen LogP contribution in [0, 0.1) is 13.8 Å². The van der Waals surface area contributed by atoms with Crippen LogP contribution in [0.4, 0.5) is 0 Å². The van der Waals surface area contributed by atoms with Crippen LogP contribution in [0.2, 0.25) is 0 Å². The number of benzene rings is 2. The summed E-state index contributed by atoms with van der Waals surface area (Å²) in [6, 6.07) is 15.2. The molecule has 0 saturated carbocycles. The minimum absolute atomic E-state index is 0.0808. The van der Waals surface area contributed by atoms with Crippen molar-refractivity contribution >= 4 is 15.9 Å². The second-order valence-corrected chi connectivity index (χ2v) is 9.28. The third-order valence-electron chi connectivity index (χ3n) is 5.41. The van der Waals surface area contributed by atoms with Gasteiger partial charge in [-0.3, -0.25) is 4.79 Å². The highest BCUT2D eigenvalue weighted by Crippen LogP contribution is 2.25. The molecule has 6 heteroatoms. The van der Waals surface area contributed by atoms with E-state index >= 15 is 0 Å². The number of aryl methyl sites for hydroxylation is 2. The largest absolute Gasteiger partial charge is 0.340 e. The van der Waals surface area contributed by atoms with Crippen molar-refractivity contribution in [2.45, 2.75) is 38.0 Å². The number of nitrogens with zero attached hydrogens (tertiary/aromatic N) is 2. The van der Waals surface area contributed by atoms with Crippen LogP contribution in [0.15, 0.2) is 53.4 Å². The molecular weight excluding hydrogens is 372 g/mol. The molecule has 0 bridgehead atoms. The van der Waals surface area contributed by atoms with E-state index in [2.05, 4.69) is 0 Å². The van der Waals surface area contributed by atoms with Crippen molar-refractivity contribution in [3.8, 4) is 0 Å². The average Bonchev–Trinajstić information content (AvgIpc) is 2.69. The Balaban J connectivity index is 1.70. The summed E-state index contributed by atoms with van der Waals surface area (Å²) in [5, 5.41) is 0. The van der Waals surface area contributed by atoms with Gasteiger partial charge < -0.3 is 4.90 Å². The Morgan fingerprint density at radius 3 is 2.21 bits per heavy atom. The van der Waals surface area contributed by atoms with Crippen LogP contribution in [0.5, 0.6) is 0 Å². The fourth-order valence-electron chi connectivity index (χ4n) is 3.84. The van der Waals surface area contributed by atoms with E-state index in [1.165, 1.54) is 4.31 Å². The average molecular weight is 401 g/mol. The van der Waals surface area contributed by atoms with Crippen molar-refractivity contribution in [1.82, 2.24) is 9.21 Å². The maximum atomic E-state index is 13.0. The van der Waals surface area contributed by atoms with E-state index in [1.54, 1.807) is 11.0 Å². The SMILES string of the molecule is CCC(C(=O)N1CCN(S(=O)(=O)c2ccc(C)cc2C)CC1)c1ccccc1. The number of sulfonamides is 1. The van der Waals surface area contributed by atoms with Gasteiger partial charge in [0, 0.05) is 26.2 Å². The van der Waals surface area contributed by atoms with Crippen molar-refractivity contribution in [1.29, 1.82) is 0 Å². The molecule has 1 aliphatic heterocycles. The Hall–Kier alpha value is -2.18. The molecule has 3 rings (SSSR count). The Morgan fingerprint density at radius 1 is 1.00 bits per heavy atom. The zero-order valence-corrected chi connectivity index (χ0v) is 17.6. The summed E-state index contributed by atoms with van der Waals surface area (Å²) < 4.78 is 27.6. The number of hydrogen-bond donors (Lipinski definition) is 0. The predicted octanol–water partition coefficient (Wildman–Crippen LogP) is 3.33. The minimum atomic E-state index is -3.54. The molecule has 0 spiro atoms. The van der Waals surface area contributed by atoms with E-state index in [0.717, 1.165) is 23.1 Å². The first-order valence-corrected chi connectivity index (χ1v) is 11.2. The van der Waals surface area contributed by atoms with Gasteiger partial charge >= 0.3 is 0 Å². The molecule has 150 valence electrons. The summed E-state index contributed by atoms with van der Waals surface area (Å²) in [4.78, 5) is 15.2. The molecule has 0 radical (unpaired) electrons. The lowest BCUT2D eigenvalue weighted by molar-refractivity contribution is -0.134. The van der Waals surface area contributed by atoms with Gasteiger partial charge in [0.05, 0.1) is 10.8 Å². The van der Waals surface area contributed by atoms with Crippen molar-refractivity contribution in [3.05, 3.63) is 65.2 Å². The molecule has 2 aromatic rings. The van der Waals surface area contributed by atoms with Crippen LogP contribution in [-0.4, -0.2) is 49.7 Å². The molecule has 0 N–H and O–H groups in total. The number of carbonyl (C=O) groups excluding carboxylic acids is 1. The van der Waals surface area contributed by atoms with Crippen LogP contribution in [0.25, 0.3) is 0 Å². The molecule has 0 aromatic heterocycles. The Labute approximate surface area is 168 Å². The topological polar surface area (TPSA) is 57.7 Å². The molecule has 2 aromatic carbocycles. The maximum Gasteiger partial charge on any atom is 0.243 e. The maximum absolute atomic E-state index is 13.0. The lowest BCUT2D eigenvalue weighted by Crippen LogP contribution is -2.51. The fraction of sp³-hybridized carbons (Fsp3) is 0.409. The Bertz CT molecular complexity index is 934. The van der Waals surface area contributed by atoms with Gasteiger partial charge in [0.15, 0.2) is 0 Å². The summed E-state index contributed by atoms with van der Waals surface area (Å²) in [7, 11) is -3.54. The van der Waals surface area contributed by atoms with Crippen molar-refractivity contribution in [3.63, 3.8) is 0 Å². The van der Waals surface area contributed by atoms with Gasteiger partial charge in [-0.25, -0.2) is 8.42 Å². The van der Waals surface area contributed by atoms with E-state index < -0.39 is 10.0 Å². The van der Waals surface area contributed by atoms with Crippen LogP contribution >= 0.6 is 0 Å². The minimum Gasteiger partial charge on any atom is -0.340 e. The first-order valence-electron chi connectivity index (χ1n) is 9.75. The molecule has 1 fully saturated rings. The quantitative estimate of drug-likeness (QED) is 0.774. The highest BCUT2D eigenvalue weighted by molar-refractivity contribution is 7.89. The van der Waals surface area contributed by atoms with Gasteiger partial charge in [0.2, 0.25) is 15.9 Å². The van der Waals surface area contributed by atoms with E-state index in [0.29, 0.717) is 31.1 Å². The number of amides is 1. The first-order chi connectivity index (χ1) is 13.3. The van der Waals surface area contributed by atoms with E-state index in [1.807, 2.05) is 63.2 Å². The first kappa shape index (κ1) is 20.6. The van der Waals surface area contributed by atoms with E-state index in [-0.39, 0.29) is 11.8 Å². The van der Waals surface area contributed by atoms with Gasteiger partial charge in [0.25, 0.3) is 0 Å². The Morgan fingerprint density at radius 2 is 1.64 bits per heavy atom. The predicted molar refractivity (Wildman–Crippen MR) is 111 cm³/mol. The zero-order valence-electron chi connectivity index (χ0n) is 16.8. The van der Waals surface area contributed by atoms with Crippen LogP contribution in [0.3, 0.4) is 0 Å². The van der Waals surface area contributed by atoms with Gasteiger partial charge in [-0.15, -0.1) is 0 Å². The van der Waals surface area contributed by atoms with Crippen molar-refractivity contribution in [2.75, 3.05) is 26.2 Å². The third kappa shape index (κ3) is 4.13. The van der Waals surface area contributed by atoms with Crippen molar-refractivity contribution < 1.29 is 13.2 Å². The standard InChI is InChI=1S/C22H28N2O3S/c1-4-20(19-8-6-5-7-9-19)22(25)23-12-14-24(15-13-23)28(26,27)21-11-10-17(2)16-18(21)3/h5-11,16,20H,4,12-15H2,1-3H3. The number of piperazine rings is 1. The molecule has 28 heavy (non-hydrogen) atoms. The Kier molecular flexibility index (Phi) is 6.20. The van der Waals surface area contributed by atoms with Crippen LogP contribution in [-0.2, 0) is 14.8 Å². The molecule has 1 amide bonds. The molecule has 0 aliphatic carbocycles. The molecule has 1 unspecified atom stereocenters. The smallest absolute Gasteiger partial charge is 0.243 e. The van der Waals surface area contributed by atoms with E-state index in [9.17, 15) is 13.2 Å². The van der Waals surface area contributed by atoms with Gasteiger partial charge in [-0.05, 0) is 37.5 Å². The van der Waals surface area contributed by atoms with Gasteiger partial charge in [0.1, 0.15) is 0 Å². The normalized spacial score (nSPS) is 16.8. The van der Waals surface area contributed by atoms with Crippen molar-refractivity contribution in [2.24, 2.45) is 0 Å². The summed E-state index contributed by atoms with van der Waals surface area (Å²) in [6.45, 7) is 7.28. The molecule has 1 atom stereocenters. The second-order valence-electron chi connectivity index (χ2n) is 7.37. The summed E-state index contributed by atoms with van der Waals surface area (Å²) in [6.07, 6.45) is 0.726. The lowest BCUT2D eigenvalue weighted by atomic mass is 9.95. The second kappa shape index (κ2) is 8.45.